The van der Waals surface area contributed by atoms with Crippen molar-refractivity contribution in [2.75, 3.05) is 5.32 Å². The van der Waals surface area contributed by atoms with E-state index in [-0.39, 0.29) is 11.7 Å². The second-order valence-electron chi connectivity index (χ2n) is 8.38. The van der Waals surface area contributed by atoms with Gasteiger partial charge in [-0.25, -0.2) is 4.39 Å². The smallest absolute Gasteiger partial charge is 0.237 e. The molecule has 4 rings (SSSR count). The molecule has 3 aromatic carbocycles. The number of anilines is 1. The summed E-state index contributed by atoms with van der Waals surface area (Å²) < 4.78 is 15.5. The van der Waals surface area contributed by atoms with Crippen LogP contribution in [0.3, 0.4) is 0 Å². The van der Waals surface area contributed by atoms with Gasteiger partial charge in [0.1, 0.15) is 5.82 Å². The number of rotatable bonds is 8. The molecule has 0 radical (unpaired) electrons. The molecule has 1 amide bonds. The van der Waals surface area contributed by atoms with Crippen molar-refractivity contribution in [2.45, 2.75) is 43.6 Å². The number of halogens is 1. The predicted octanol–water partition coefficient (Wildman–Crippen LogP) is 6.38. The molecule has 1 heterocycles. The van der Waals surface area contributed by atoms with Crippen LogP contribution in [-0.2, 0) is 11.3 Å². The molecule has 0 fully saturated rings. The molecule has 174 valence electrons. The number of carbonyl (C=O) groups excluding carboxylic acids is 1. The van der Waals surface area contributed by atoms with E-state index in [0.29, 0.717) is 23.4 Å². The van der Waals surface area contributed by atoms with Crippen LogP contribution >= 0.6 is 11.8 Å². The van der Waals surface area contributed by atoms with E-state index in [1.54, 1.807) is 12.1 Å². The molecule has 0 aliphatic carbocycles. The highest BCUT2D eigenvalue weighted by atomic mass is 32.2. The van der Waals surface area contributed by atoms with Gasteiger partial charge in [-0.05, 0) is 54.3 Å². The van der Waals surface area contributed by atoms with Crippen LogP contribution in [0.15, 0.2) is 84.0 Å². The minimum atomic E-state index is -0.403. The van der Waals surface area contributed by atoms with Gasteiger partial charge in [0, 0.05) is 11.3 Å². The minimum absolute atomic E-state index is 0.101. The van der Waals surface area contributed by atoms with Gasteiger partial charge in [0.15, 0.2) is 11.0 Å². The topological polar surface area (TPSA) is 59.8 Å². The standard InChI is InChI=1S/C27H27FN4OS/c1-18(2)23-11-7-8-12-24(23)29-26(33)19(3)34-27-31-30-25(21-13-15-22(28)16-14-21)32(27)17-20-9-5-4-6-10-20/h4-16,18-19H,17H2,1-3H3,(H,29,33). The normalized spacial score (nSPS) is 12.0. The van der Waals surface area contributed by atoms with Crippen LogP contribution in [0.5, 0.6) is 0 Å². The second-order valence-corrected chi connectivity index (χ2v) is 9.68. The number of benzene rings is 3. The van der Waals surface area contributed by atoms with Crippen LogP contribution in [-0.4, -0.2) is 25.9 Å². The van der Waals surface area contributed by atoms with Crippen molar-refractivity contribution in [1.29, 1.82) is 0 Å². The van der Waals surface area contributed by atoms with Gasteiger partial charge < -0.3 is 5.32 Å². The maximum atomic E-state index is 13.5. The number of nitrogens with zero attached hydrogens (tertiary/aromatic N) is 3. The summed E-state index contributed by atoms with van der Waals surface area (Å²) in [5.74, 6) is 0.519. The van der Waals surface area contributed by atoms with E-state index in [2.05, 4.69) is 29.4 Å². The average Bonchev–Trinajstić information content (AvgIpc) is 3.22. The average molecular weight is 475 g/mol. The van der Waals surface area contributed by atoms with Gasteiger partial charge in [-0.2, -0.15) is 0 Å². The van der Waals surface area contributed by atoms with Crippen molar-refractivity contribution in [1.82, 2.24) is 14.8 Å². The van der Waals surface area contributed by atoms with E-state index >= 15 is 0 Å². The van der Waals surface area contributed by atoms with E-state index in [1.807, 2.05) is 66.1 Å². The Kier molecular flexibility index (Phi) is 7.43. The Morgan fingerprint density at radius 2 is 1.62 bits per heavy atom. The van der Waals surface area contributed by atoms with Crippen molar-refractivity contribution in [3.63, 3.8) is 0 Å². The molecular weight excluding hydrogens is 447 g/mol. The fourth-order valence-electron chi connectivity index (χ4n) is 3.66. The lowest BCUT2D eigenvalue weighted by Gasteiger charge is -2.17. The lowest BCUT2D eigenvalue weighted by atomic mass is 10.0. The highest BCUT2D eigenvalue weighted by Gasteiger charge is 2.22. The quantitative estimate of drug-likeness (QED) is 0.301. The third kappa shape index (κ3) is 5.54. The minimum Gasteiger partial charge on any atom is -0.325 e. The molecular formula is C27H27FN4OS. The molecule has 1 aromatic heterocycles. The molecule has 0 saturated carbocycles. The Morgan fingerprint density at radius 1 is 0.941 bits per heavy atom. The molecule has 0 aliphatic heterocycles. The Hall–Kier alpha value is -3.45. The van der Waals surface area contributed by atoms with Crippen LogP contribution in [0.1, 0.15) is 37.8 Å². The van der Waals surface area contributed by atoms with Gasteiger partial charge in [0.25, 0.3) is 0 Å². The maximum Gasteiger partial charge on any atom is 0.237 e. The number of nitrogens with one attached hydrogen (secondary N) is 1. The van der Waals surface area contributed by atoms with Gasteiger partial charge in [-0.3, -0.25) is 9.36 Å². The molecule has 34 heavy (non-hydrogen) atoms. The molecule has 4 aromatic rings. The summed E-state index contributed by atoms with van der Waals surface area (Å²) in [6, 6.07) is 24.0. The first kappa shape index (κ1) is 23.7. The fourth-order valence-corrected chi connectivity index (χ4v) is 4.51. The summed E-state index contributed by atoms with van der Waals surface area (Å²) in [4.78, 5) is 13.0. The van der Waals surface area contributed by atoms with E-state index in [0.717, 1.165) is 22.4 Å². The lowest BCUT2D eigenvalue weighted by Crippen LogP contribution is -2.23. The zero-order valence-corrected chi connectivity index (χ0v) is 20.2. The summed E-state index contributed by atoms with van der Waals surface area (Å²) in [6.45, 7) is 6.60. The number of hydrogen-bond donors (Lipinski definition) is 1. The summed E-state index contributed by atoms with van der Waals surface area (Å²) in [7, 11) is 0. The van der Waals surface area contributed by atoms with Crippen molar-refractivity contribution < 1.29 is 9.18 Å². The number of thioether (sulfide) groups is 1. The molecule has 7 heteroatoms. The number of aromatic nitrogens is 3. The Balaban J connectivity index is 1.59. The molecule has 1 atom stereocenters. The molecule has 0 aliphatic rings. The van der Waals surface area contributed by atoms with E-state index in [9.17, 15) is 9.18 Å². The van der Waals surface area contributed by atoms with Gasteiger partial charge >= 0.3 is 0 Å². The fraction of sp³-hybridized carbons (Fsp3) is 0.222. The third-order valence-corrected chi connectivity index (χ3v) is 6.58. The van der Waals surface area contributed by atoms with Crippen molar-refractivity contribution >= 4 is 23.4 Å². The number of carbonyl (C=O) groups is 1. The van der Waals surface area contributed by atoms with E-state index in [1.165, 1.54) is 23.9 Å². The highest BCUT2D eigenvalue weighted by molar-refractivity contribution is 8.00. The largest absolute Gasteiger partial charge is 0.325 e. The van der Waals surface area contributed by atoms with Crippen molar-refractivity contribution in [3.05, 3.63) is 95.8 Å². The number of hydrogen-bond acceptors (Lipinski definition) is 4. The van der Waals surface area contributed by atoms with Crippen LogP contribution < -0.4 is 5.32 Å². The molecule has 1 N–H and O–H groups in total. The van der Waals surface area contributed by atoms with E-state index < -0.39 is 5.25 Å². The van der Waals surface area contributed by atoms with E-state index in [4.69, 9.17) is 0 Å². The Labute approximate surface area is 203 Å². The summed E-state index contributed by atoms with van der Waals surface area (Å²) in [5.41, 5.74) is 3.77. The summed E-state index contributed by atoms with van der Waals surface area (Å²) in [5, 5.41) is 12.1. The maximum absolute atomic E-state index is 13.5. The first-order valence-corrected chi connectivity index (χ1v) is 12.1. The SMILES string of the molecule is CC(Sc1nnc(-c2ccc(F)cc2)n1Cc1ccccc1)C(=O)Nc1ccccc1C(C)C. The monoisotopic (exact) mass is 474 g/mol. The second kappa shape index (κ2) is 10.7. The Morgan fingerprint density at radius 3 is 2.32 bits per heavy atom. The molecule has 0 saturated heterocycles. The molecule has 5 nitrogen and oxygen atoms in total. The predicted molar refractivity (Wildman–Crippen MR) is 135 cm³/mol. The summed E-state index contributed by atoms with van der Waals surface area (Å²) >= 11 is 1.35. The molecule has 1 unspecified atom stereocenters. The van der Waals surface area contributed by atoms with Gasteiger partial charge in [0.05, 0.1) is 11.8 Å². The summed E-state index contributed by atoms with van der Waals surface area (Å²) in [6.07, 6.45) is 0. The highest BCUT2D eigenvalue weighted by Crippen LogP contribution is 2.30. The number of amides is 1. The Bertz CT molecular complexity index is 1260. The van der Waals surface area contributed by atoms with Crippen LogP contribution in [0.25, 0.3) is 11.4 Å². The first-order valence-electron chi connectivity index (χ1n) is 11.2. The van der Waals surface area contributed by atoms with Crippen molar-refractivity contribution in [3.8, 4) is 11.4 Å². The zero-order valence-electron chi connectivity index (χ0n) is 19.4. The zero-order chi connectivity index (χ0) is 24.1. The van der Waals surface area contributed by atoms with Gasteiger partial charge in [-0.15, -0.1) is 10.2 Å². The molecule has 0 spiro atoms. The van der Waals surface area contributed by atoms with Gasteiger partial charge in [0.2, 0.25) is 5.91 Å². The molecule has 0 bridgehead atoms. The first-order chi connectivity index (χ1) is 16.4. The number of para-hydroxylation sites is 1. The van der Waals surface area contributed by atoms with Gasteiger partial charge in [-0.1, -0.05) is 74.1 Å². The van der Waals surface area contributed by atoms with Crippen LogP contribution in [0.2, 0.25) is 0 Å². The van der Waals surface area contributed by atoms with Crippen LogP contribution in [0, 0.1) is 5.82 Å². The third-order valence-electron chi connectivity index (χ3n) is 5.49. The van der Waals surface area contributed by atoms with Crippen LogP contribution in [0.4, 0.5) is 10.1 Å². The van der Waals surface area contributed by atoms with Crippen molar-refractivity contribution in [2.24, 2.45) is 0 Å². The lowest BCUT2D eigenvalue weighted by molar-refractivity contribution is -0.115.